The monoisotopic (exact) mass is 356 g/mol. The molecule has 0 aliphatic carbocycles. The first-order valence-electron chi connectivity index (χ1n) is 8.00. The Balaban J connectivity index is 1.63. The van der Waals surface area contributed by atoms with Crippen LogP contribution in [0.5, 0.6) is 5.75 Å². The number of aryl methyl sites for hydroxylation is 1. The highest BCUT2D eigenvalue weighted by atomic mass is 16.6. The second-order valence-electron chi connectivity index (χ2n) is 5.43. The molecule has 26 heavy (non-hydrogen) atoms. The van der Waals surface area contributed by atoms with Crippen molar-refractivity contribution in [2.24, 2.45) is 0 Å². The van der Waals surface area contributed by atoms with E-state index in [2.05, 4.69) is 10.6 Å². The molecule has 0 aromatic heterocycles. The van der Waals surface area contributed by atoms with Gasteiger partial charge in [0.25, 0.3) is 5.91 Å². The molecule has 2 aromatic rings. The number of esters is 1. The maximum atomic E-state index is 11.6. The van der Waals surface area contributed by atoms with E-state index in [1.807, 2.05) is 49.4 Å². The topological polar surface area (TPSA) is 93.7 Å². The first kappa shape index (κ1) is 19.0. The minimum absolute atomic E-state index is 0.282. The lowest BCUT2D eigenvalue weighted by atomic mass is 10.2. The molecule has 7 nitrogen and oxygen atoms in total. The van der Waals surface area contributed by atoms with Gasteiger partial charge in [0.2, 0.25) is 0 Å². The lowest BCUT2D eigenvalue weighted by Crippen LogP contribution is -2.41. The van der Waals surface area contributed by atoms with Crippen LogP contribution < -0.4 is 15.4 Å². The molecule has 0 heterocycles. The fraction of sp³-hybridized carbons (Fsp3) is 0.211. The molecule has 0 spiro atoms. The molecule has 0 unspecified atom stereocenters. The molecule has 2 N–H and O–H groups in total. The third-order valence-electron chi connectivity index (χ3n) is 3.35. The predicted octanol–water partition coefficient (Wildman–Crippen LogP) is 1.94. The van der Waals surface area contributed by atoms with Crippen LogP contribution in [0.25, 0.3) is 0 Å². The number of benzene rings is 2. The second kappa shape index (κ2) is 9.83. The predicted molar refractivity (Wildman–Crippen MR) is 94.5 cm³/mol. The van der Waals surface area contributed by atoms with Crippen LogP contribution in [0.3, 0.4) is 0 Å². The van der Waals surface area contributed by atoms with E-state index in [0.29, 0.717) is 5.75 Å². The third-order valence-corrected chi connectivity index (χ3v) is 3.35. The largest absolute Gasteiger partial charge is 0.482 e. The standard InChI is InChI=1S/C19H20N2O5/c1-14-7-5-6-10-16(14)25-13-18(23)26-12-17(22)21-19(24)20-11-15-8-3-2-4-9-15/h2-10H,11-13H2,1H3,(H2,20,21,22,24). The maximum absolute atomic E-state index is 11.6. The maximum Gasteiger partial charge on any atom is 0.344 e. The van der Waals surface area contributed by atoms with E-state index in [9.17, 15) is 14.4 Å². The Hall–Kier alpha value is -3.35. The summed E-state index contributed by atoms with van der Waals surface area (Å²) in [6.45, 7) is 1.25. The van der Waals surface area contributed by atoms with Gasteiger partial charge in [-0.1, -0.05) is 48.5 Å². The summed E-state index contributed by atoms with van der Waals surface area (Å²) in [5, 5.41) is 4.62. The minimum Gasteiger partial charge on any atom is -0.482 e. The van der Waals surface area contributed by atoms with Crippen LogP contribution in [-0.4, -0.2) is 31.1 Å². The van der Waals surface area contributed by atoms with E-state index >= 15 is 0 Å². The van der Waals surface area contributed by atoms with Crippen molar-refractivity contribution >= 4 is 17.9 Å². The van der Waals surface area contributed by atoms with Gasteiger partial charge in [-0.2, -0.15) is 0 Å². The molecule has 0 saturated carbocycles. The highest BCUT2D eigenvalue weighted by Gasteiger charge is 2.11. The molecule has 7 heteroatoms. The molecule has 3 amide bonds. The lowest BCUT2D eigenvalue weighted by Gasteiger charge is -2.09. The Kier molecular flexibility index (Phi) is 7.17. The third kappa shape index (κ3) is 6.64. The van der Waals surface area contributed by atoms with Crippen molar-refractivity contribution < 1.29 is 23.9 Å². The number of ether oxygens (including phenoxy) is 2. The van der Waals surface area contributed by atoms with Crippen LogP contribution in [0.2, 0.25) is 0 Å². The molecule has 2 rings (SSSR count). The van der Waals surface area contributed by atoms with E-state index in [4.69, 9.17) is 9.47 Å². The van der Waals surface area contributed by atoms with Crippen LogP contribution in [-0.2, 0) is 20.9 Å². The summed E-state index contributed by atoms with van der Waals surface area (Å²) in [7, 11) is 0. The Morgan fingerprint density at radius 2 is 1.62 bits per heavy atom. The van der Waals surface area contributed by atoms with Crippen molar-refractivity contribution in [2.45, 2.75) is 13.5 Å². The molecule has 2 aromatic carbocycles. The number of imide groups is 1. The number of amides is 3. The van der Waals surface area contributed by atoms with Gasteiger partial charge in [-0.15, -0.1) is 0 Å². The fourth-order valence-electron chi connectivity index (χ4n) is 2.03. The van der Waals surface area contributed by atoms with Crippen molar-refractivity contribution in [3.05, 3.63) is 65.7 Å². The summed E-state index contributed by atoms with van der Waals surface area (Å²) < 4.78 is 10.1. The molecule has 136 valence electrons. The fourth-order valence-corrected chi connectivity index (χ4v) is 2.03. The van der Waals surface area contributed by atoms with E-state index in [1.165, 1.54) is 0 Å². The van der Waals surface area contributed by atoms with E-state index in [1.54, 1.807) is 12.1 Å². The van der Waals surface area contributed by atoms with Gasteiger partial charge >= 0.3 is 12.0 Å². The van der Waals surface area contributed by atoms with Crippen LogP contribution in [0.1, 0.15) is 11.1 Å². The Morgan fingerprint density at radius 3 is 2.35 bits per heavy atom. The molecular weight excluding hydrogens is 336 g/mol. The summed E-state index contributed by atoms with van der Waals surface area (Å²) >= 11 is 0. The highest BCUT2D eigenvalue weighted by Crippen LogP contribution is 2.15. The van der Waals surface area contributed by atoms with Crippen LogP contribution >= 0.6 is 0 Å². The number of hydrogen-bond donors (Lipinski definition) is 2. The summed E-state index contributed by atoms with van der Waals surface area (Å²) in [5.41, 5.74) is 1.78. The number of hydrogen-bond acceptors (Lipinski definition) is 5. The molecular formula is C19H20N2O5. The zero-order valence-corrected chi connectivity index (χ0v) is 14.4. The SMILES string of the molecule is Cc1ccccc1OCC(=O)OCC(=O)NC(=O)NCc1ccccc1. The van der Waals surface area contributed by atoms with Crippen LogP contribution in [0.15, 0.2) is 54.6 Å². The van der Waals surface area contributed by atoms with Gasteiger partial charge in [0.15, 0.2) is 13.2 Å². The second-order valence-corrected chi connectivity index (χ2v) is 5.43. The number of nitrogens with one attached hydrogen (secondary N) is 2. The molecule has 0 atom stereocenters. The number of rotatable bonds is 7. The van der Waals surface area contributed by atoms with E-state index in [0.717, 1.165) is 11.1 Å². The van der Waals surface area contributed by atoms with Gasteiger partial charge in [-0.3, -0.25) is 10.1 Å². The summed E-state index contributed by atoms with van der Waals surface area (Å²) in [4.78, 5) is 34.8. The molecule has 0 radical (unpaired) electrons. The number of carbonyl (C=O) groups excluding carboxylic acids is 3. The van der Waals surface area contributed by atoms with Gasteiger partial charge < -0.3 is 14.8 Å². The normalized spacial score (nSPS) is 9.88. The van der Waals surface area contributed by atoms with Crippen molar-refractivity contribution in [3.63, 3.8) is 0 Å². The van der Waals surface area contributed by atoms with Gasteiger partial charge in [0.05, 0.1) is 0 Å². The van der Waals surface area contributed by atoms with Gasteiger partial charge in [-0.25, -0.2) is 9.59 Å². The quantitative estimate of drug-likeness (QED) is 0.740. The smallest absolute Gasteiger partial charge is 0.344 e. The van der Waals surface area contributed by atoms with Gasteiger partial charge in [0, 0.05) is 6.54 Å². The van der Waals surface area contributed by atoms with Crippen molar-refractivity contribution in [2.75, 3.05) is 13.2 Å². The Bertz CT molecular complexity index is 762. The average molecular weight is 356 g/mol. The number of para-hydroxylation sites is 1. The Labute approximate surface area is 151 Å². The number of urea groups is 1. The summed E-state index contributed by atoms with van der Waals surface area (Å²) in [6.07, 6.45) is 0. The van der Waals surface area contributed by atoms with Crippen LogP contribution in [0, 0.1) is 6.92 Å². The van der Waals surface area contributed by atoms with Crippen molar-refractivity contribution in [1.82, 2.24) is 10.6 Å². The zero-order chi connectivity index (χ0) is 18.8. The van der Waals surface area contributed by atoms with E-state index < -0.39 is 24.5 Å². The average Bonchev–Trinajstić information content (AvgIpc) is 2.65. The molecule has 0 fully saturated rings. The highest BCUT2D eigenvalue weighted by molar-refractivity contribution is 5.95. The zero-order valence-electron chi connectivity index (χ0n) is 14.4. The summed E-state index contributed by atoms with van der Waals surface area (Å²) in [6, 6.07) is 15.8. The molecule has 0 aliphatic rings. The summed E-state index contributed by atoms with van der Waals surface area (Å²) in [5.74, 6) is -0.859. The van der Waals surface area contributed by atoms with E-state index in [-0.39, 0.29) is 13.2 Å². The van der Waals surface area contributed by atoms with Crippen molar-refractivity contribution in [1.29, 1.82) is 0 Å². The first-order chi connectivity index (χ1) is 12.5. The molecule has 0 bridgehead atoms. The van der Waals surface area contributed by atoms with Crippen LogP contribution in [0.4, 0.5) is 4.79 Å². The van der Waals surface area contributed by atoms with Gasteiger partial charge in [-0.05, 0) is 24.1 Å². The van der Waals surface area contributed by atoms with Gasteiger partial charge in [0.1, 0.15) is 5.75 Å². The first-order valence-corrected chi connectivity index (χ1v) is 8.00. The van der Waals surface area contributed by atoms with Crippen molar-refractivity contribution in [3.8, 4) is 5.75 Å². The minimum atomic E-state index is -0.722. The Morgan fingerprint density at radius 1 is 0.923 bits per heavy atom. The lowest BCUT2D eigenvalue weighted by molar-refractivity contribution is -0.150. The molecule has 0 aliphatic heterocycles. The number of carbonyl (C=O) groups is 3. The molecule has 0 saturated heterocycles.